The SMILES string of the molecule is COC(=O)[C@@H](NC(=O)N1C(=O)[C@@]2(c3cc(C#CCN(C)Cc4ccccc4)ccc31)[C@H](C(=O)Nc1ccc(N3CCOCC3)cc1)[C@H]1C(=O)O[C@H](c3ccccc3)[C@H](c3ccccc3)N1[C@@H]2c1ccc(OCCO)cc1)C(C)C. The van der Waals surface area contributed by atoms with Gasteiger partial charge in [-0.1, -0.05) is 129 Å². The van der Waals surface area contributed by atoms with Crippen LogP contribution >= 0.6 is 0 Å². The highest BCUT2D eigenvalue weighted by Gasteiger charge is 2.75. The van der Waals surface area contributed by atoms with E-state index in [0.717, 1.165) is 21.7 Å². The zero-order valence-electron chi connectivity index (χ0n) is 44.6. The second-order valence-electron chi connectivity index (χ2n) is 20.6. The van der Waals surface area contributed by atoms with Crippen LogP contribution in [0.25, 0.3) is 0 Å². The Labute approximate surface area is 460 Å². The Morgan fingerprint density at radius 1 is 0.810 bits per heavy atom. The smallest absolute Gasteiger partial charge is 0.329 e. The molecule has 3 N–H and O–H groups in total. The summed E-state index contributed by atoms with van der Waals surface area (Å²) in [5.41, 5.74) is 3.10. The lowest BCUT2D eigenvalue weighted by Gasteiger charge is -2.46. The highest BCUT2D eigenvalue weighted by molar-refractivity contribution is 6.25. The number of imide groups is 1. The molecular weight excluding hydrogens is 1000 g/mol. The summed E-state index contributed by atoms with van der Waals surface area (Å²) >= 11 is 0. The van der Waals surface area contributed by atoms with E-state index in [1.54, 1.807) is 68.4 Å². The third-order valence-electron chi connectivity index (χ3n) is 15.3. The van der Waals surface area contributed by atoms with Gasteiger partial charge in [0.05, 0.1) is 57.2 Å². The number of methoxy groups -OCH3 is 1. The number of nitrogens with zero attached hydrogens (tertiary/aromatic N) is 4. The molecule has 7 atom stereocenters. The Bertz CT molecular complexity index is 3220. The molecule has 16 nitrogen and oxygen atoms in total. The fraction of sp³-hybridized carbons (Fsp3) is 0.317. The largest absolute Gasteiger partial charge is 0.491 e. The molecule has 3 saturated heterocycles. The van der Waals surface area contributed by atoms with Gasteiger partial charge >= 0.3 is 18.0 Å². The first-order valence-electron chi connectivity index (χ1n) is 26.7. The first-order valence-corrected chi connectivity index (χ1v) is 26.7. The van der Waals surface area contributed by atoms with E-state index in [4.69, 9.17) is 18.9 Å². The number of aliphatic hydroxyl groups excluding tert-OH is 1. The van der Waals surface area contributed by atoms with Crippen LogP contribution in [0, 0.1) is 23.7 Å². The van der Waals surface area contributed by atoms with E-state index < -0.39 is 77.3 Å². The molecule has 4 aliphatic rings. The number of ether oxygens (including phenoxy) is 4. The molecule has 0 saturated carbocycles. The molecule has 79 heavy (non-hydrogen) atoms. The molecule has 3 fully saturated rings. The van der Waals surface area contributed by atoms with Gasteiger partial charge in [-0.15, -0.1) is 0 Å². The molecule has 0 radical (unpaired) electrons. The fourth-order valence-electron chi connectivity index (χ4n) is 11.7. The molecule has 4 amide bonds. The van der Waals surface area contributed by atoms with Crippen LogP contribution in [0.15, 0.2) is 158 Å². The Kier molecular flexibility index (Phi) is 16.2. The van der Waals surface area contributed by atoms with Crippen molar-refractivity contribution in [1.29, 1.82) is 0 Å². The molecule has 406 valence electrons. The zero-order chi connectivity index (χ0) is 55.2. The molecule has 16 heteroatoms. The Balaban J connectivity index is 1.21. The standard InChI is InChI=1S/C63H64N6O10/c1-41(2)53(59(72)76-4)65-62(75)68-51-31-22-42(17-14-32-66(3)40-43-15-8-5-9-16-43)39-50(51)63(61(68)74)52(58(71)64-47-25-27-48(28-26-47)67-33-36-77-37-34-67)55-60(73)79-56(45-20-12-7-13-21-45)54(44-18-10-6-11-19-44)69(55)57(63)46-23-29-49(30-24-46)78-38-35-70/h5-13,15-16,18-31,39,41,52-57,70H,32-38,40H2,1-4H3,(H,64,71)(H,65,75)/t52-,53-,54-,55-,56+,57+,63-/m0/s1. The van der Waals surface area contributed by atoms with Gasteiger partial charge in [-0.3, -0.25) is 24.2 Å². The first kappa shape index (κ1) is 54.0. The van der Waals surface area contributed by atoms with Crippen LogP contribution in [-0.2, 0) is 45.3 Å². The van der Waals surface area contributed by atoms with Gasteiger partial charge in [0.15, 0.2) is 0 Å². The zero-order valence-corrected chi connectivity index (χ0v) is 44.6. The second kappa shape index (κ2) is 23.7. The van der Waals surface area contributed by atoms with E-state index in [2.05, 4.69) is 32.3 Å². The average molecular weight is 1070 g/mol. The number of morpholine rings is 2. The maximum Gasteiger partial charge on any atom is 0.329 e. The molecule has 4 heterocycles. The van der Waals surface area contributed by atoms with Crippen molar-refractivity contribution in [3.63, 3.8) is 0 Å². The number of nitrogens with one attached hydrogen (secondary N) is 2. The number of rotatable bonds is 15. The van der Waals surface area contributed by atoms with Crippen LogP contribution in [0.1, 0.15) is 65.4 Å². The minimum Gasteiger partial charge on any atom is -0.491 e. The van der Waals surface area contributed by atoms with E-state index in [0.29, 0.717) is 67.5 Å². The van der Waals surface area contributed by atoms with Crippen molar-refractivity contribution in [2.45, 2.75) is 56.1 Å². The van der Waals surface area contributed by atoms with Crippen LogP contribution in [0.3, 0.4) is 0 Å². The number of hydrogen-bond acceptors (Lipinski definition) is 13. The van der Waals surface area contributed by atoms with Gasteiger partial charge in [0.25, 0.3) is 0 Å². The summed E-state index contributed by atoms with van der Waals surface area (Å²) in [4.78, 5) is 84.7. The van der Waals surface area contributed by atoms with Crippen LogP contribution < -0.4 is 25.2 Å². The van der Waals surface area contributed by atoms with Gasteiger partial charge in [0.1, 0.15) is 36.0 Å². The monoisotopic (exact) mass is 1060 g/mol. The number of esters is 2. The predicted octanol–water partition coefficient (Wildman–Crippen LogP) is 7.59. The normalized spacial score (nSPS) is 21.9. The van der Waals surface area contributed by atoms with Crippen LogP contribution in [-0.4, -0.2) is 117 Å². The lowest BCUT2D eigenvalue weighted by molar-refractivity contribution is -0.177. The first-order chi connectivity index (χ1) is 38.4. The summed E-state index contributed by atoms with van der Waals surface area (Å²) in [6.07, 6.45) is -0.957. The minimum atomic E-state index is -2.12. The van der Waals surface area contributed by atoms with Crippen molar-refractivity contribution in [2.75, 3.05) is 75.3 Å². The number of hydrogen-bond donors (Lipinski definition) is 3. The van der Waals surface area contributed by atoms with Crippen molar-refractivity contribution in [1.82, 2.24) is 15.1 Å². The summed E-state index contributed by atoms with van der Waals surface area (Å²) in [5, 5.41) is 15.7. The summed E-state index contributed by atoms with van der Waals surface area (Å²) in [5.74, 6) is 2.00. The molecule has 6 aromatic rings. The van der Waals surface area contributed by atoms with Gasteiger partial charge in [0, 0.05) is 36.6 Å². The average Bonchev–Trinajstić information content (AvgIpc) is 3.13. The maximum absolute atomic E-state index is 16.9. The van der Waals surface area contributed by atoms with Crippen molar-refractivity contribution in [2.24, 2.45) is 11.8 Å². The van der Waals surface area contributed by atoms with Gasteiger partial charge in [0.2, 0.25) is 11.8 Å². The third-order valence-corrected chi connectivity index (χ3v) is 15.3. The van der Waals surface area contributed by atoms with Crippen molar-refractivity contribution >= 4 is 46.8 Å². The molecule has 0 unspecified atom stereocenters. The van der Waals surface area contributed by atoms with E-state index in [1.165, 1.54) is 7.11 Å². The number of amides is 4. The van der Waals surface area contributed by atoms with Crippen molar-refractivity contribution < 1.29 is 48.0 Å². The highest BCUT2D eigenvalue weighted by atomic mass is 16.6. The fourth-order valence-corrected chi connectivity index (χ4v) is 11.7. The van der Waals surface area contributed by atoms with Gasteiger partial charge < -0.3 is 39.6 Å². The van der Waals surface area contributed by atoms with Crippen molar-refractivity contribution in [3.8, 4) is 17.6 Å². The van der Waals surface area contributed by atoms with Gasteiger partial charge in [-0.05, 0) is 95.4 Å². The molecule has 6 aromatic carbocycles. The molecule has 10 rings (SSSR count). The van der Waals surface area contributed by atoms with E-state index in [9.17, 15) is 9.90 Å². The second-order valence-corrected chi connectivity index (χ2v) is 20.6. The van der Waals surface area contributed by atoms with Crippen LogP contribution in [0.5, 0.6) is 5.75 Å². The predicted molar refractivity (Wildman–Crippen MR) is 298 cm³/mol. The summed E-state index contributed by atoms with van der Waals surface area (Å²) in [6, 6.07) is 42.8. The minimum absolute atomic E-state index is 0.0159. The van der Waals surface area contributed by atoms with Crippen molar-refractivity contribution in [3.05, 3.63) is 191 Å². The number of carbonyl (C=O) groups excluding carboxylic acids is 5. The molecule has 1 spiro atoms. The number of carbonyl (C=O) groups is 5. The van der Waals surface area contributed by atoms with E-state index in [1.807, 2.05) is 115 Å². The summed E-state index contributed by atoms with van der Waals surface area (Å²) in [6.45, 7) is 6.83. The quantitative estimate of drug-likeness (QED) is 0.0678. The van der Waals surface area contributed by atoms with E-state index >= 15 is 19.2 Å². The topological polar surface area (TPSA) is 180 Å². The Hall–Kier alpha value is -8.33. The number of anilines is 3. The molecule has 4 aliphatic heterocycles. The van der Waals surface area contributed by atoms with Crippen LogP contribution in [0.4, 0.5) is 21.9 Å². The number of aliphatic hydroxyl groups is 1. The Morgan fingerprint density at radius 2 is 1.47 bits per heavy atom. The van der Waals surface area contributed by atoms with Gasteiger partial charge in [-0.25, -0.2) is 14.5 Å². The lowest BCUT2D eigenvalue weighted by Crippen LogP contribution is -2.57. The Morgan fingerprint density at radius 3 is 2.11 bits per heavy atom. The molecule has 0 aromatic heterocycles. The summed E-state index contributed by atoms with van der Waals surface area (Å²) in [7, 11) is 3.19. The third kappa shape index (κ3) is 10.7. The molecule has 0 aliphatic carbocycles. The maximum atomic E-state index is 16.9. The lowest BCUT2D eigenvalue weighted by atomic mass is 9.65. The molecular formula is C63H64N6O10. The highest BCUT2D eigenvalue weighted by Crippen LogP contribution is 2.66. The van der Waals surface area contributed by atoms with Gasteiger partial charge in [-0.2, -0.15) is 0 Å². The van der Waals surface area contributed by atoms with Crippen LogP contribution in [0.2, 0.25) is 0 Å². The molecule has 0 bridgehead atoms. The van der Waals surface area contributed by atoms with E-state index in [-0.39, 0.29) is 24.5 Å². The number of benzene rings is 6. The number of cyclic esters (lactones) is 1. The number of urea groups is 1. The summed E-state index contributed by atoms with van der Waals surface area (Å²) < 4.78 is 23.3. The number of fused-ring (bicyclic) bond motifs is 3.